The molecule has 152 valence electrons. The molecular formula is C22H27N5O2. The molecule has 7 nitrogen and oxygen atoms in total. The normalized spacial score (nSPS) is 17.1. The van der Waals surface area contributed by atoms with E-state index in [1.807, 2.05) is 43.8 Å². The lowest BCUT2D eigenvalue weighted by atomic mass is 10.1. The number of nitrogens with zero attached hydrogens (tertiary/aromatic N) is 5. The van der Waals surface area contributed by atoms with Gasteiger partial charge in [0.25, 0.3) is 0 Å². The predicted molar refractivity (Wildman–Crippen MR) is 111 cm³/mol. The molecule has 4 heterocycles. The first-order chi connectivity index (χ1) is 13.9. The van der Waals surface area contributed by atoms with Crippen LogP contribution in [0.1, 0.15) is 44.5 Å². The summed E-state index contributed by atoms with van der Waals surface area (Å²) in [5.74, 6) is 0. The van der Waals surface area contributed by atoms with E-state index in [0.29, 0.717) is 13.1 Å². The van der Waals surface area contributed by atoms with Gasteiger partial charge in [-0.1, -0.05) is 0 Å². The molecule has 0 bridgehead atoms. The number of rotatable bonds is 4. The fraction of sp³-hybridized carbons (Fsp3) is 0.455. The summed E-state index contributed by atoms with van der Waals surface area (Å²) in [6.45, 7) is 6.99. The van der Waals surface area contributed by atoms with Crippen molar-refractivity contribution in [3.05, 3.63) is 54.1 Å². The summed E-state index contributed by atoms with van der Waals surface area (Å²) in [4.78, 5) is 23.0. The Morgan fingerprint density at radius 3 is 2.93 bits per heavy atom. The molecule has 1 aliphatic heterocycles. The molecule has 29 heavy (non-hydrogen) atoms. The highest BCUT2D eigenvalue weighted by Gasteiger charge is 2.31. The maximum Gasteiger partial charge on any atom is 0.410 e. The second-order valence-electron chi connectivity index (χ2n) is 8.55. The average molecular weight is 393 g/mol. The smallest absolute Gasteiger partial charge is 0.410 e. The van der Waals surface area contributed by atoms with Crippen molar-refractivity contribution in [1.82, 2.24) is 24.6 Å². The predicted octanol–water partition coefficient (Wildman–Crippen LogP) is 3.79. The Morgan fingerprint density at radius 2 is 2.10 bits per heavy atom. The van der Waals surface area contributed by atoms with E-state index in [9.17, 15) is 4.79 Å². The number of carbonyl (C=O) groups excluding carboxylic acids is 1. The molecule has 0 aromatic carbocycles. The first kappa shape index (κ1) is 19.4. The van der Waals surface area contributed by atoms with E-state index in [4.69, 9.17) is 4.74 Å². The summed E-state index contributed by atoms with van der Waals surface area (Å²) < 4.78 is 7.46. The summed E-state index contributed by atoms with van der Waals surface area (Å²) in [5.41, 5.74) is 2.51. The molecule has 4 rings (SSSR count). The molecular weight excluding hydrogens is 366 g/mol. The van der Waals surface area contributed by atoms with Gasteiger partial charge in [0.15, 0.2) is 5.65 Å². The van der Waals surface area contributed by atoms with Crippen molar-refractivity contribution in [2.75, 3.05) is 13.1 Å². The van der Waals surface area contributed by atoms with Gasteiger partial charge in [-0.25, -0.2) is 14.8 Å². The quantitative estimate of drug-likeness (QED) is 0.674. The zero-order valence-electron chi connectivity index (χ0n) is 17.2. The van der Waals surface area contributed by atoms with E-state index in [1.54, 1.807) is 11.1 Å². The molecule has 0 spiro atoms. The Labute approximate surface area is 170 Å². The van der Waals surface area contributed by atoms with E-state index in [1.165, 1.54) is 5.56 Å². The Hall–Kier alpha value is -2.96. The lowest BCUT2D eigenvalue weighted by molar-refractivity contribution is 0.0288. The topological polar surface area (TPSA) is 73.1 Å². The van der Waals surface area contributed by atoms with E-state index >= 15 is 0 Å². The van der Waals surface area contributed by atoms with Crippen LogP contribution in [-0.2, 0) is 17.6 Å². The minimum Gasteiger partial charge on any atom is -0.444 e. The van der Waals surface area contributed by atoms with Crippen molar-refractivity contribution < 1.29 is 9.53 Å². The van der Waals surface area contributed by atoms with Crippen LogP contribution in [0.4, 0.5) is 4.79 Å². The molecule has 0 N–H and O–H groups in total. The molecule has 1 atom stereocenters. The number of aryl methyl sites for hydroxylation is 2. The van der Waals surface area contributed by atoms with Gasteiger partial charge >= 0.3 is 6.09 Å². The number of hydrogen-bond acceptors (Lipinski definition) is 5. The van der Waals surface area contributed by atoms with Crippen LogP contribution < -0.4 is 0 Å². The average Bonchev–Trinajstić information content (AvgIpc) is 3.34. The van der Waals surface area contributed by atoms with Crippen LogP contribution in [0.15, 0.2) is 42.9 Å². The SMILES string of the molecule is CC(C)(C)OC(=O)N1CC[C@@H](n2cc(CCc3ccc4cccnc4n3)cn2)C1. The third-order valence-corrected chi connectivity index (χ3v) is 5.04. The Balaban J connectivity index is 1.34. The summed E-state index contributed by atoms with van der Waals surface area (Å²) in [7, 11) is 0. The first-order valence-corrected chi connectivity index (χ1v) is 10.1. The molecule has 7 heteroatoms. The van der Waals surface area contributed by atoms with E-state index in [2.05, 4.69) is 33.4 Å². The van der Waals surface area contributed by atoms with Crippen LogP contribution in [0, 0.1) is 0 Å². The van der Waals surface area contributed by atoms with Crippen LogP contribution in [0.3, 0.4) is 0 Å². The number of pyridine rings is 2. The molecule has 1 amide bonds. The Kier molecular flexibility index (Phi) is 5.22. The van der Waals surface area contributed by atoms with Gasteiger partial charge in [-0.3, -0.25) is 4.68 Å². The van der Waals surface area contributed by atoms with Crippen LogP contribution >= 0.6 is 0 Å². The van der Waals surface area contributed by atoms with Gasteiger partial charge in [-0.05, 0) is 69.9 Å². The van der Waals surface area contributed by atoms with Crippen molar-refractivity contribution in [1.29, 1.82) is 0 Å². The summed E-state index contributed by atoms with van der Waals surface area (Å²) >= 11 is 0. The largest absolute Gasteiger partial charge is 0.444 e. The molecule has 0 saturated carbocycles. The highest BCUT2D eigenvalue weighted by atomic mass is 16.6. The lowest BCUT2D eigenvalue weighted by Crippen LogP contribution is -2.35. The Bertz CT molecular complexity index is 1010. The van der Waals surface area contributed by atoms with Crippen molar-refractivity contribution >= 4 is 17.1 Å². The minimum atomic E-state index is -0.472. The number of fused-ring (bicyclic) bond motifs is 1. The lowest BCUT2D eigenvalue weighted by Gasteiger charge is -2.24. The van der Waals surface area contributed by atoms with Gasteiger partial charge in [0.2, 0.25) is 0 Å². The first-order valence-electron chi connectivity index (χ1n) is 10.1. The molecule has 0 unspecified atom stereocenters. The number of carbonyl (C=O) groups is 1. The summed E-state index contributed by atoms with van der Waals surface area (Å²) in [6, 6.07) is 8.26. The highest BCUT2D eigenvalue weighted by molar-refractivity contribution is 5.74. The van der Waals surface area contributed by atoms with Gasteiger partial charge in [-0.2, -0.15) is 5.10 Å². The Morgan fingerprint density at radius 1 is 1.24 bits per heavy atom. The van der Waals surface area contributed by atoms with E-state index < -0.39 is 5.60 Å². The zero-order chi connectivity index (χ0) is 20.4. The number of hydrogen-bond donors (Lipinski definition) is 0. The van der Waals surface area contributed by atoms with Crippen LogP contribution in [-0.4, -0.2) is 49.4 Å². The standard InChI is InChI=1S/C22H27N5O2/c1-22(2,3)29-21(28)26-12-10-19(15-26)27-14-16(13-24-27)6-8-18-9-7-17-5-4-11-23-20(17)25-18/h4-5,7,9,11,13-14,19H,6,8,10,12,15H2,1-3H3/t19-/m1/s1. The maximum absolute atomic E-state index is 12.3. The van der Waals surface area contributed by atoms with Crippen LogP contribution in [0.25, 0.3) is 11.0 Å². The third kappa shape index (κ3) is 4.72. The second-order valence-corrected chi connectivity index (χ2v) is 8.55. The van der Waals surface area contributed by atoms with Gasteiger partial charge in [-0.15, -0.1) is 0 Å². The van der Waals surface area contributed by atoms with Crippen molar-refractivity contribution in [2.24, 2.45) is 0 Å². The van der Waals surface area contributed by atoms with E-state index in [-0.39, 0.29) is 12.1 Å². The van der Waals surface area contributed by atoms with Crippen LogP contribution in [0.2, 0.25) is 0 Å². The van der Waals surface area contributed by atoms with Crippen molar-refractivity contribution in [2.45, 2.75) is 51.7 Å². The number of ether oxygens (including phenoxy) is 1. The number of amides is 1. The fourth-order valence-corrected chi connectivity index (χ4v) is 3.56. The minimum absolute atomic E-state index is 0.194. The fourth-order valence-electron chi connectivity index (χ4n) is 3.56. The molecule has 1 fully saturated rings. The molecule has 0 aliphatic carbocycles. The molecule has 1 aliphatic rings. The zero-order valence-corrected chi connectivity index (χ0v) is 17.2. The summed E-state index contributed by atoms with van der Waals surface area (Å²) in [6.07, 6.45) is 8.12. The van der Waals surface area contributed by atoms with Crippen molar-refractivity contribution in [3.8, 4) is 0 Å². The third-order valence-electron chi connectivity index (χ3n) is 5.04. The van der Waals surface area contributed by atoms with Crippen LogP contribution in [0.5, 0.6) is 0 Å². The molecule has 3 aromatic rings. The van der Waals surface area contributed by atoms with Gasteiger partial charge in [0, 0.05) is 36.6 Å². The maximum atomic E-state index is 12.3. The highest BCUT2D eigenvalue weighted by Crippen LogP contribution is 2.23. The van der Waals surface area contributed by atoms with Gasteiger partial charge in [0.05, 0.1) is 12.2 Å². The van der Waals surface area contributed by atoms with Crippen molar-refractivity contribution in [3.63, 3.8) is 0 Å². The second kappa shape index (κ2) is 7.81. The molecule has 0 radical (unpaired) electrons. The van der Waals surface area contributed by atoms with Gasteiger partial charge < -0.3 is 9.64 Å². The van der Waals surface area contributed by atoms with E-state index in [0.717, 1.165) is 36.0 Å². The molecule has 3 aromatic heterocycles. The number of aromatic nitrogens is 4. The number of likely N-dealkylation sites (tertiary alicyclic amines) is 1. The molecule has 1 saturated heterocycles. The van der Waals surface area contributed by atoms with Gasteiger partial charge in [0.1, 0.15) is 5.60 Å². The summed E-state index contributed by atoms with van der Waals surface area (Å²) in [5, 5.41) is 5.59. The monoisotopic (exact) mass is 393 g/mol.